The quantitative estimate of drug-likeness (QED) is 0.668. The number of benzene rings is 2. The Kier molecular flexibility index (Phi) is 4.85. The number of hydrogen-bond donors (Lipinski definition) is 0. The molecule has 0 radical (unpaired) electrons. The van der Waals surface area contributed by atoms with Crippen molar-refractivity contribution in [3.63, 3.8) is 0 Å². The Hall–Kier alpha value is -0.790. The summed E-state index contributed by atoms with van der Waals surface area (Å²) < 4.78 is 1.12. The summed E-state index contributed by atoms with van der Waals surface area (Å²) in [5.41, 5.74) is 3.93. The zero-order valence-corrected chi connectivity index (χ0v) is 12.7. The van der Waals surface area contributed by atoms with Crippen LogP contribution in [0.15, 0.2) is 53.0 Å². The van der Waals surface area contributed by atoms with E-state index in [0.717, 1.165) is 10.9 Å². The van der Waals surface area contributed by atoms with Gasteiger partial charge in [0.15, 0.2) is 0 Å². The van der Waals surface area contributed by atoms with Gasteiger partial charge in [0.1, 0.15) is 0 Å². The first kappa shape index (κ1) is 13.6. The molecule has 1 atom stereocenters. The smallest absolute Gasteiger partial charge is 0.0295 e. The zero-order chi connectivity index (χ0) is 13.0. The summed E-state index contributed by atoms with van der Waals surface area (Å²) in [5.74, 6) is 1.02. The van der Waals surface area contributed by atoms with Gasteiger partial charge >= 0.3 is 0 Å². The Balaban J connectivity index is 2.19. The first-order valence-electron chi connectivity index (χ1n) is 6.06. The molecule has 0 saturated carbocycles. The van der Waals surface area contributed by atoms with Crippen LogP contribution in [-0.4, -0.2) is 5.88 Å². The fourth-order valence-electron chi connectivity index (χ4n) is 2.13. The highest BCUT2D eigenvalue weighted by atomic mass is 79.9. The van der Waals surface area contributed by atoms with E-state index in [4.69, 9.17) is 11.6 Å². The van der Waals surface area contributed by atoms with E-state index in [9.17, 15) is 0 Å². The molecule has 0 aromatic heterocycles. The van der Waals surface area contributed by atoms with E-state index in [-0.39, 0.29) is 0 Å². The predicted molar refractivity (Wildman–Crippen MR) is 82.5 cm³/mol. The highest BCUT2D eigenvalue weighted by Gasteiger charge is 2.11. The van der Waals surface area contributed by atoms with Crippen LogP contribution in [0.5, 0.6) is 0 Å². The minimum atomic E-state index is 0.376. The summed E-state index contributed by atoms with van der Waals surface area (Å²) in [6, 6.07) is 17.0. The molecule has 0 aliphatic heterocycles. The lowest BCUT2D eigenvalue weighted by molar-refractivity contribution is 0.765. The van der Waals surface area contributed by atoms with Crippen molar-refractivity contribution >= 4 is 27.5 Å². The average Bonchev–Trinajstić information content (AvgIpc) is 2.36. The normalized spacial score (nSPS) is 12.4. The van der Waals surface area contributed by atoms with Crippen molar-refractivity contribution in [1.82, 2.24) is 0 Å². The van der Waals surface area contributed by atoms with Crippen LogP contribution in [0, 0.1) is 6.92 Å². The maximum Gasteiger partial charge on any atom is 0.0295 e. The topological polar surface area (TPSA) is 0 Å². The molecule has 2 heteroatoms. The molecule has 2 aromatic rings. The molecule has 0 N–H and O–H groups in total. The summed E-state index contributed by atoms with van der Waals surface area (Å²) in [6.45, 7) is 2.12. The minimum Gasteiger partial charge on any atom is -0.126 e. The van der Waals surface area contributed by atoms with E-state index in [1.165, 1.54) is 16.7 Å². The molecule has 2 aromatic carbocycles. The van der Waals surface area contributed by atoms with Crippen molar-refractivity contribution in [3.05, 3.63) is 69.7 Å². The van der Waals surface area contributed by atoms with Gasteiger partial charge in [-0.1, -0.05) is 57.9 Å². The lowest BCUT2D eigenvalue weighted by Gasteiger charge is -2.15. The Bertz CT molecular complexity index is 522. The number of alkyl halides is 1. The van der Waals surface area contributed by atoms with Crippen molar-refractivity contribution in [1.29, 1.82) is 0 Å². The van der Waals surface area contributed by atoms with Gasteiger partial charge in [-0.2, -0.15) is 0 Å². The summed E-state index contributed by atoms with van der Waals surface area (Å²) >= 11 is 9.64. The van der Waals surface area contributed by atoms with E-state index in [0.29, 0.717) is 11.8 Å². The standard InChI is InChI=1S/C16H16BrCl/c1-12-4-2-6-14(8-12)15(11-18)9-13-5-3-7-16(17)10-13/h2-8,10,15H,9,11H2,1H3. The fraction of sp³-hybridized carbons (Fsp3) is 0.250. The molecule has 0 amide bonds. The average molecular weight is 324 g/mol. The van der Waals surface area contributed by atoms with E-state index in [1.807, 2.05) is 6.07 Å². The molecule has 0 bridgehead atoms. The molecule has 18 heavy (non-hydrogen) atoms. The summed E-state index contributed by atoms with van der Waals surface area (Å²) in [6.07, 6.45) is 0.979. The highest BCUT2D eigenvalue weighted by molar-refractivity contribution is 9.10. The molecule has 0 aliphatic rings. The van der Waals surface area contributed by atoms with Crippen LogP contribution in [0.3, 0.4) is 0 Å². The zero-order valence-electron chi connectivity index (χ0n) is 10.4. The number of hydrogen-bond acceptors (Lipinski definition) is 0. The Morgan fingerprint density at radius 3 is 2.56 bits per heavy atom. The summed E-state index contributed by atoms with van der Waals surface area (Å²) in [5, 5.41) is 0. The second-order valence-corrected chi connectivity index (χ2v) is 5.82. The lowest BCUT2D eigenvalue weighted by Crippen LogP contribution is -2.05. The van der Waals surface area contributed by atoms with Crippen LogP contribution >= 0.6 is 27.5 Å². The molecule has 0 heterocycles. The van der Waals surface area contributed by atoms with Gasteiger partial charge in [-0.3, -0.25) is 0 Å². The molecule has 0 fully saturated rings. The fourth-order valence-corrected chi connectivity index (χ4v) is 2.87. The third kappa shape index (κ3) is 3.60. The van der Waals surface area contributed by atoms with E-state index < -0.39 is 0 Å². The van der Waals surface area contributed by atoms with Gasteiger partial charge in [0.2, 0.25) is 0 Å². The van der Waals surface area contributed by atoms with Crippen LogP contribution in [0.1, 0.15) is 22.6 Å². The molecule has 0 nitrogen and oxygen atoms in total. The third-order valence-electron chi connectivity index (χ3n) is 3.07. The molecule has 0 aliphatic carbocycles. The van der Waals surface area contributed by atoms with Gasteiger partial charge in [-0.05, 0) is 36.6 Å². The van der Waals surface area contributed by atoms with Crippen molar-refractivity contribution < 1.29 is 0 Å². The molecule has 2 rings (SSSR count). The van der Waals surface area contributed by atoms with E-state index in [2.05, 4.69) is 65.3 Å². The van der Waals surface area contributed by atoms with E-state index >= 15 is 0 Å². The second-order valence-electron chi connectivity index (χ2n) is 4.60. The van der Waals surface area contributed by atoms with Crippen LogP contribution in [0.2, 0.25) is 0 Å². The maximum absolute atomic E-state index is 6.13. The third-order valence-corrected chi connectivity index (χ3v) is 3.94. The molecular weight excluding hydrogens is 308 g/mol. The SMILES string of the molecule is Cc1cccc(C(CCl)Cc2cccc(Br)c2)c1. The monoisotopic (exact) mass is 322 g/mol. The molecular formula is C16H16BrCl. The summed E-state index contributed by atoms with van der Waals surface area (Å²) in [7, 11) is 0. The van der Waals surface area contributed by atoms with Gasteiger partial charge in [0, 0.05) is 16.3 Å². The number of rotatable bonds is 4. The van der Waals surface area contributed by atoms with Crippen LogP contribution in [0.4, 0.5) is 0 Å². The van der Waals surface area contributed by atoms with Gasteiger partial charge in [0.05, 0.1) is 0 Å². The first-order valence-corrected chi connectivity index (χ1v) is 7.39. The Labute approximate surface area is 122 Å². The highest BCUT2D eigenvalue weighted by Crippen LogP contribution is 2.24. The molecule has 0 spiro atoms. The predicted octanol–water partition coefficient (Wildman–Crippen LogP) is 5.32. The van der Waals surface area contributed by atoms with Crippen molar-refractivity contribution in [2.75, 3.05) is 5.88 Å². The molecule has 1 unspecified atom stereocenters. The van der Waals surface area contributed by atoms with Crippen LogP contribution in [0.25, 0.3) is 0 Å². The molecule has 0 saturated heterocycles. The van der Waals surface area contributed by atoms with Crippen LogP contribution in [-0.2, 0) is 6.42 Å². The van der Waals surface area contributed by atoms with Gasteiger partial charge in [0.25, 0.3) is 0 Å². The van der Waals surface area contributed by atoms with Gasteiger partial charge in [-0.15, -0.1) is 11.6 Å². The lowest BCUT2D eigenvalue weighted by atomic mass is 9.93. The Morgan fingerprint density at radius 2 is 1.89 bits per heavy atom. The Morgan fingerprint density at radius 1 is 1.11 bits per heavy atom. The number of halogens is 2. The van der Waals surface area contributed by atoms with Gasteiger partial charge < -0.3 is 0 Å². The van der Waals surface area contributed by atoms with Gasteiger partial charge in [-0.25, -0.2) is 0 Å². The molecule has 94 valence electrons. The second kappa shape index (κ2) is 6.40. The maximum atomic E-state index is 6.13. The first-order chi connectivity index (χ1) is 8.69. The largest absolute Gasteiger partial charge is 0.126 e. The van der Waals surface area contributed by atoms with Crippen molar-refractivity contribution in [2.24, 2.45) is 0 Å². The van der Waals surface area contributed by atoms with Crippen molar-refractivity contribution in [3.8, 4) is 0 Å². The summed E-state index contributed by atoms with van der Waals surface area (Å²) in [4.78, 5) is 0. The number of aryl methyl sites for hydroxylation is 1. The minimum absolute atomic E-state index is 0.376. The van der Waals surface area contributed by atoms with E-state index in [1.54, 1.807) is 0 Å². The van der Waals surface area contributed by atoms with Crippen molar-refractivity contribution in [2.45, 2.75) is 19.3 Å². The van der Waals surface area contributed by atoms with Crippen LogP contribution < -0.4 is 0 Å².